The van der Waals surface area contributed by atoms with Gasteiger partial charge in [0, 0.05) is 49.3 Å². The van der Waals surface area contributed by atoms with Crippen molar-refractivity contribution in [2.24, 2.45) is 40.4 Å². The van der Waals surface area contributed by atoms with E-state index in [1.165, 1.54) is 16.7 Å². The molecule has 0 spiro atoms. The summed E-state index contributed by atoms with van der Waals surface area (Å²) in [6.45, 7) is 20.0. The Balaban J connectivity index is 0.708. The fourth-order valence-electron chi connectivity index (χ4n) is 15.1. The zero-order valence-electron chi connectivity index (χ0n) is 43.7. The molecule has 4 heterocycles. The van der Waals surface area contributed by atoms with Crippen molar-refractivity contribution >= 4 is 32.1 Å². The third kappa shape index (κ3) is 9.06. The maximum absolute atomic E-state index is 14.1. The van der Waals surface area contributed by atoms with Gasteiger partial charge in [-0.15, -0.1) is 5.73 Å². The van der Waals surface area contributed by atoms with Crippen LogP contribution in [0.4, 0.5) is 4.79 Å². The SMILES string of the molecule is CC(C)(C)OC(=O)N1CCC[C@H](CC(=O)NC2(B3O[C@@H]4C[C@@H]5C[C@@H](C5(C)CC[C@H]5CNC[C@@H](CC(=O)N[C@@H](Cc6ccccc6)B6O[C@@H]7CC8=C=C(C8(C)C)[C@]7(C)O6)C5)[C@]4(C)O3)CC2c2ccccc2)C1. The van der Waals surface area contributed by atoms with E-state index in [2.05, 4.69) is 92.7 Å². The van der Waals surface area contributed by atoms with Crippen LogP contribution >= 0.6 is 0 Å². The van der Waals surface area contributed by atoms with Crippen molar-refractivity contribution in [2.75, 3.05) is 26.2 Å². The highest BCUT2D eigenvalue weighted by Gasteiger charge is 2.75. The lowest BCUT2D eigenvalue weighted by Crippen LogP contribution is -2.66. The zero-order valence-corrected chi connectivity index (χ0v) is 43.7. The highest BCUT2D eigenvalue weighted by Crippen LogP contribution is 2.69. The molecule has 0 radical (unpaired) electrons. The minimum atomic E-state index is -0.656. The predicted octanol–water partition coefficient (Wildman–Crippen LogP) is 8.53. The monoisotopic (exact) mass is 969 g/mol. The second-order valence-corrected chi connectivity index (χ2v) is 25.6. The highest BCUT2D eigenvalue weighted by atomic mass is 16.7. The molecule has 4 bridgehead atoms. The number of carbonyl (C=O) groups excluding carboxylic acids is 3. The van der Waals surface area contributed by atoms with Crippen LogP contribution < -0.4 is 16.0 Å². The second-order valence-electron chi connectivity index (χ2n) is 25.6. The Morgan fingerprint density at radius 3 is 2.37 bits per heavy atom. The lowest BCUT2D eigenvalue weighted by Gasteiger charge is -2.66. The smallest absolute Gasteiger partial charge is 0.444 e. The Bertz CT molecular complexity index is 2450. The predicted molar refractivity (Wildman–Crippen MR) is 274 cm³/mol. The summed E-state index contributed by atoms with van der Waals surface area (Å²) in [6, 6.07) is 20.8. The van der Waals surface area contributed by atoms with E-state index in [1.807, 2.05) is 45.0 Å². The molecule has 4 saturated heterocycles. The van der Waals surface area contributed by atoms with Crippen LogP contribution in [0.2, 0.25) is 0 Å². The molecule has 3 N–H and O–H groups in total. The first-order chi connectivity index (χ1) is 33.8. The molecular formula is C57H78B2N4O8. The number of hydrogen-bond acceptors (Lipinski definition) is 9. The first-order valence-corrected chi connectivity index (χ1v) is 27.3. The molecule has 380 valence electrons. The molecule has 4 aliphatic heterocycles. The first-order valence-electron chi connectivity index (χ1n) is 27.3. The molecule has 2 aromatic carbocycles. The number of benzene rings is 2. The molecule has 2 aromatic rings. The molecule has 13 rings (SSSR count). The molecule has 14 heteroatoms. The largest absolute Gasteiger partial charge is 0.485 e. The summed E-state index contributed by atoms with van der Waals surface area (Å²) >= 11 is 0. The van der Waals surface area contributed by atoms with Crippen molar-refractivity contribution < 1.29 is 37.7 Å². The van der Waals surface area contributed by atoms with Crippen LogP contribution in [0.25, 0.3) is 0 Å². The Kier molecular flexibility index (Phi) is 12.6. The van der Waals surface area contributed by atoms with Crippen molar-refractivity contribution in [3.05, 3.63) is 88.7 Å². The summed E-state index contributed by atoms with van der Waals surface area (Å²) in [4.78, 5) is 43.0. The highest BCUT2D eigenvalue weighted by molar-refractivity contribution is 6.52. The topological polar surface area (TPSA) is 137 Å². The van der Waals surface area contributed by atoms with Crippen LogP contribution in [-0.4, -0.2) is 104 Å². The van der Waals surface area contributed by atoms with E-state index < -0.39 is 36.5 Å². The van der Waals surface area contributed by atoms with E-state index >= 15 is 0 Å². The van der Waals surface area contributed by atoms with Crippen LogP contribution in [0.15, 0.2) is 77.5 Å². The van der Waals surface area contributed by atoms with Gasteiger partial charge in [-0.2, -0.15) is 0 Å². The third-order valence-electron chi connectivity index (χ3n) is 19.3. The lowest BCUT2D eigenvalue weighted by atomic mass is 9.41. The van der Waals surface area contributed by atoms with Gasteiger partial charge in [-0.05, 0) is 157 Å². The number of likely N-dealkylation sites (tertiary alicyclic amines) is 1. The van der Waals surface area contributed by atoms with Crippen LogP contribution in [-0.2, 0) is 39.4 Å². The minimum absolute atomic E-state index is 0.00927. The molecule has 3 unspecified atom stereocenters. The van der Waals surface area contributed by atoms with Crippen LogP contribution in [0.1, 0.15) is 143 Å². The molecule has 5 saturated carbocycles. The summed E-state index contributed by atoms with van der Waals surface area (Å²) in [5, 5.41) is 10.7. The molecule has 7 aliphatic carbocycles. The average Bonchev–Trinajstić information content (AvgIpc) is 3.74. The number of amides is 3. The minimum Gasteiger partial charge on any atom is -0.444 e. The fourth-order valence-corrected chi connectivity index (χ4v) is 15.1. The van der Waals surface area contributed by atoms with Gasteiger partial charge in [0.15, 0.2) is 0 Å². The number of hydrogen-bond donors (Lipinski definition) is 3. The van der Waals surface area contributed by atoms with E-state index in [0.717, 1.165) is 76.4 Å². The average molecular weight is 969 g/mol. The van der Waals surface area contributed by atoms with Gasteiger partial charge >= 0.3 is 20.3 Å². The van der Waals surface area contributed by atoms with Gasteiger partial charge in [-0.1, -0.05) is 81.4 Å². The van der Waals surface area contributed by atoms with E-state index in [0.29, 0.717) is 50.1 Å². The molecule has 0 aromatic heterocycles. The molecule has 11 aliphatic rings. The van der Waals surface area contributed by atoms with Gasteiger partial charge in [0.25, 0.3) is 0 Å². The summed E-state index contributed by atoms with van der Waals surface area (Å²) in [5.41, 5.74) is 6.25. The number of carbonyl (C=O) groups is 3. The Morgan fingerprint density at radius 1 is 0.887 bits per heavy atom. The number of ether oxygens (including phenoxy) is 1. The number of piperidine rings is 2. The van der Waals surface area contributed by atoms with Crippen molar-refractivity contribution in [2.45, 2.75) is 179 Å². The maximum Gasteiger partial charge on any atom is 0.485 e. The van der Waals surface area contributed by atoms with E-state index in [9.17, 15) is 14.4 Å². The molecule has 9 fully saturated rings. The third-order valence-corrected chi connectivity index (χ3v) is 19.3. The van der Waals surface area contributed by atoms with Gasteiger partial charge in [0.1, 0.15) is 11.2 Å². The number of nitrogens with one attached hydrogen (secondary N) is 3. The van der Waals surface area contributed by atoms with Crippen LogP contribution in [0.3, 0.4) is 0 Å². The van der Waals surface area contributed by atoms with E-state index in [-0.39, 0.29) is 64.6 Å². The lowest BCUT2D eigenvalue weighted by molar-refractivity contribution is -0.211. The van der Waals surface area contributed by atoms with E-state index in [4.69, 9.17) is 23.4 Å². The van der Waals surface area contributed by atoms with Crippen molar-refractivity contribution in [3.8, 4) is 0 Å². The normalized spacial score (nSPS) is 37.8. The summed E-state index contributed by atoms with van der Waals surface area (Å²) in [5.74, 6) is 1.50. The summed E-state index contributed by atoms with van der Waals surface area (Å²) in [6.07, 6.45) is 9.67. The van der Waals surface area contributed by atoms with Gasteiger partial charge in [0.2, 0.25) is 11.8 Å². The quantitative estimate of drug-likeness (QED) is 0.126. The summed E-state index contributed by atoms with van der Waals surface area (Å²) < 4.78 is 33.5. The van der Waals surface area contributed by atoms with Crippen molar-refractivity contribution in [3.63, 3.8) is 0 Å². The first kappa shape index (κ1) is 49.3. The summed E-state index contributed by atoms with van der Waals surface area (Å²) in [7, 11) is -1.09. The van der Waals surface area contributed by atoms with E-state index in [1.54, 1.807) is 4.90 Å². The molecule has 3 amide bonds. The molecule has 71 heavy (non-hydrogen) atoms. The van der Waals surface area contributed by atoms with Gasteiger partial charge < -0.3 is 44.2 Å². The standard InChI is InChI=1S/C57H78B2N4O8/c1-52(2,3)67-51(66)63-23-15-18-38(35-63)26-50(65)62-57(32-43(57)40-19-13-10-14-20-40)59-69-47-31-42-29-45(56(47,8)71-59)54(42,6)22-21-37-24-39(34-60-33-37)27-49(64)61-48(25-36-16-11-9-12-17-36)58-68-46-30-41-28-44(53(41,4)5)55(46,7)70-58/h9-14,16-17,19-20,37-39,42-43,45-48,60H,15,18,21-27,29-35H2,1-8H3,(H,61,64)(H,62,65)/t37-,38-,39-,42+,43?,45+,46-,47-,48+,54?,55+,56+,57?/m1/s1. The zero-order chi connectivity index (χ0) is 49.7. The van der Waals surface area contributed by atoms with Crippen LogP contribution in [0, 0.1) is 40.4 Å². The number of nitrogens with zero attached hydrogens (tertiary/aromatic N) is 1. The Labute approximate surface area is 423 Å². The van der Waals surface area contributed by atoms with Gasteiger partial charge in [-0.25, -0.2) is 4.79 Å². The Hall–Kier alpha value is -3.90. The molecular weight excluding hydrogens is 890 g/mol. The molecule has 13 atom stereocenters. The molecule has 12 nitrogen and oxygen atoms in total. The van der Waals surface area contributed by atoms with Gasteiger partial charge in [0.05, 0.1) is 29.2 Å². The second kappa shape index (κ2) is 18.2. The maximum atomic E-state index is 14.1. The van der Waals surface area contributed by atoms with Gasteiger partial charge in [-0.3, -0.25) is 9.59 Å². The van der Waals surface area contributed by atoms with Crippen LogP contribution in [0.5, 0.6) is 0 Å². The fraction of sp³-hybridized carbons (Fsp3) is 0.684. The Morgan fingerprint density at radius 2 is 1.62 bits per heavy atom. The number of rotatable bonds is 14. The van der Waals surface area contributed by atoms with Crippen molar-refractivity contribution in [1.29, 1.82) is 0 Å². The van der Waals surface area contributed by atoms with Crippen molar-refractivity contribution in [1.82, 2.24) is 20.9 Å².